The van der Waals surface area contributed by atoms with Crippen molar-refractivity contribution in [3.05, 3.63) is 48.0 Å². The molecule has 1 heterocycles. The number of amides is 1. The molecule has 0 unspecified atom stereocenters. The minimum atomic E-state index is -0.917. The predicted molar refractivity (Wildman–Crippen MR) is 78.2 cm³/mol. The van der Waals surface area contributed by atoms with Crippen LogP contribution in [0, 0.1) is 11.6 Å². The molecule has 1 aliphatic heterocycles. The van der Waals surface area contributed by atoms with Gasteiger partial charge in [-0.2, -0.15) is 0 Å². The summed E-state index contributed by atoms with van der Waals surface area (Å²) < 4.78 is 33.1. The van der Waals surface area contributed by atoms with Crippen molar-refractivity contribution >= 4 is 11.8 Å². The first-order valence-electron chi connectivity index (χ1n) is 6.87. The minimum absolute atomic E-state index is 0.0339. The van der Waals surface area contributed by atoms with Crippen molar-refractivity contribution in [2.24, 2.45) is 0 Å². The number of aliphatic hydroxyl groups is 1. The van der Waals surface area contributed by atoms with Gasteiger partial charge in [0, 0.05) is 11.1 Å². The number of halogens is 2. The Morgan fingerprint density at radius 2 is 2.00 bits per heavy atom. The molecule has 0 aliphatic carbocycles. The van der Waals surface area contributed by atoms with E-state index in [1.807, 2.05) is 0 Å². The summed E-state index contributed by atoms with van der Waals surface area (Å²) in [6.07, 6.45) is -1.34. The lowest BCUT2D eigenvalue weighted by atomic mass is 10.0. The normalized spacial score (nSPS) is 17.4. The smallest absolute Gasteiger partial charge is 0.414 e. The molecule has 0 saturated carbocycles. The molecule has 0 bridgehead atoms. The second kappa shape index (κ2) is 5.85. The molecule has 5 nitrogen and oxygen atoms in total. The summed E-state index contributed by atoms with van der Waals surface area (Å²) >= 11 is 0. The molecule has 1 fully saturated rings. The lowest BCUT2D eigenvalue weighted by Crippen LogP contribution is -2.25. The number of cyclic esters (lactones) is 1. The number of aromatic hydroxyl groups is 1. The standard InChI is InChI=1S/C16H13F2NO4/c17-13-6-9(19-7-10(8-20)23-16(19)22)4-5-11(13)12-2-1-3-14(21)15(12)18/h1-6,10,20-21H,7-8H2/t10-/m1/s1. The first-order valence-corrected chi connectivity index (χ1v) is 6.87. The summed E-state index contributed by atoms with van der Waals surface area (Å²) in [4.78, 5) is 12.9. The molecule has 1 atom stereocenters. The van der Waals surface area contributed by atoms with Crippen molar-refractivity contribution in [2.75, 3.05) is 18.1 Å². The maximum Gasteiger partial charge on any atom is 0.414 e. The first kappa shape index (κ1) is 15.2. The van der Waals surface area contributed by atoms with E-state index in [0.29, 0.717) is 0 Å². The molecule has 0 aromatic heterocycles. The lowest BCUT2D eigenvalue weighted by Gasteiger charge is -2.14. The molecule has 2 aromatic rings. The monoisotopic (exact) mass is 321 g/mol. The Balaban J connectivity index is 1.96. The number of benzene rings is 2. The second-order valence-electron chi connectivity index (χ2n) is 5.10. The third kappa shape index (κ3) is 2.70. The molecule has 1 saturated heterocycles. The van der Waals surface area contributed by atoms with Gasteiger partial charge in [-0.15, -0.1) is 0 Å². The van der Waals surface area contributed by atoms with Crippen LogP contribution in [0.3, 0.4) is 0 Å². The van der Waals surface area contributed by atoms with Crippen LogP contribution < -0.4 is 4.90 Å². The van der Waals surface area contributed by atoms with E-state index in [0.717, 1.165) is 6.07 Å². The molecular formula is C16H13F2NO4. The quantitative estimate of drug-likeness (QED) is 0.912. The number of hydrogen-bond acceptors (Lipinski definition) is 4. The molecule has 23 heavy (non-hydrogen) atoms. The van der Waals surface area contributed by atoms with Crippen molar-refractivity contribution in [2.45, 2.75) is 6.10 Å². The Hall–Kier alpha value is -2.67. The Labute approximate surface area is 130 Å². The number of phenolic OH excluding ortho intramolecular Hbond substituents is 1. The number of phenols is 1. The van der Waals surface area contributed by atoms with Crippen LogP contribution >= 0.6 is 0 Å². The molecule has 1 aliphatic rings. The summed E-state index contributed by atoms with van der Waals surface area (Å²) in [6.45, 7) is -0.216. The summed E-state index contributed by atoms with van der Waals surface area (Å²) in [5, 5.41) is 18.4. The van der Waals surface area contributed by atoms with Crippen LogP contribution in [0.2, 0.25) is 0 Å². The van der Waals surface area contributed by atoms with E-state index >= 15 is 0 Å². The second-order valence-corrected chi connectivity index (χ2v) is 5.10. The molecule has 1 amide bonds. The van der Waals surface area contributed by atoms with E-state index < -0.39 is 29.6 Å². The van der Waals surface area contributed by atoms with Crippen molar-refractivity contribution < 1.29 is 28.5 Å². The zero-order chi connectivity index (χ0) is 16.6. The molecular weight excluding hydrogens is 308 g/mol. The highest BCUT2D eigenvalue weighted by molar-refractivity contribution is 5.90. The highest BCUT2D eigenvalue weighted by Crippen LogP contribution is 2.32. The van der Waals surface area contributed by atoms with Crippen LogP contribution in [0.4, 0.5) is 19.3 Å². The van der Waals surface area contributed by atoms with Crippen molar-refractivity contribution in [3.8, 4) is 16.9 Å². The largest absolute Gasteiger partial charge is 0.505 e. The lowest BCUT2D eigenvalue weighted by molar-refractivity contribution is 0.0963. The topological polar surface area (TPSA) is 70.0 Å². The number of nitrogens with zero attached hydrogens (tertiary/aromatic N) is 1. The third-order valence-electron chi connectivity index (χ3n) is 3.61. The van der Waals surface area contributed by atoms with Gasteiger partial charge in [0.05, 0.1) is 18.8 Å². The van der Waals surface area contributed by atoms with E-state index in [2.05, 4.69) is 0 Å². The SMILES string of the molecule is O=C1O[C@@H](CO)CN1c1ccc(-c2cccc(O)c2F)c(F)c1. The van der Waals surface area contributed by atoms with Gasteiger partial charge < -0.3 is 14.9 Å². The van der Waals surface area contributed by atoms with Crippen LogP contribution in [-0.2, 0) is 4.74 Å². The number of aliphatic hydroxyl groups excluding tert-OH is 1. The third-order valence-corrected chi connectivity index (χ3v) is 3.61. The highest BCUT2D eigenvalue weighted by atomic mass is 19.1. The van der Waals surface area contributed by atoms with E-state index in [4.69, 9.17) is 9.84 Å². The zero-order valence-corrected chi connectivity index (χ0v) is 11.9. The first-order chi connectivity index (χ1) is 11.0. The Morgan fingerprint density at radius 3 is 2.65 bits per heavy atom. The fraction of sp³-hybridized carbons (Fsp3) is 0.188. The van der Waals surface area contributed by atoms with Gasteiger partial charge in [0.2, 0.25) is 0 Å². The van der Waals surface area contributed by atoms with E-state index in [-0.39, 0.29) is 30.0 Å². The number of hydrogen-bond donors (Lipinski definition) is 2. The van der Waals surface area contributed by atoms with Crippen LogP contribution in [-0.4, -0.2) is 35.6 Å². The zero-order valence-electron chi connectivity index (χ0n) is 11.9. The van der Waals surface area contributed by atoms with Crippen molar-refractivity contribution in [3.63, 3.8) is 0 Å². The highest BCUT2D eigenvalue weighted by Gasteiger charge is 2.32. The van der Waals surface area contributed by atoms with Gasteiger partial charge in [0.1, 0.15) is 11.9 Å². The van der Waals surface area contributed by atoms with E-state index in [9.17, 15) is 18.7 Å². The Bertz CT molecular complexity index is 766. The summed E-state index contributed by atoms with van der Waals surface area (Å²) in [7, 11) is 0. The number of ether oxygens (including phenoxy) is 1. The maximum atomic E-state index is 14.3. The van der Waals surface area contributed by atoms with Crippen LogP contribution in [0.15, 0.2) is 36.4 Å². The van der Waals surface area contributed by atoms with Crippen LogP contribution in [0.1, 0.15) is 0 Å². The van der Waals surface area contributed by atoms with Gasteiger partial charge in [-0.05, 0) is 24.3 Å². The molecule has 2 aromatic carbocycles. The summed E-state index contributed by atoms with van der Waals surface area (Å²) in [6, 6.07) is 7.77. The fourth-order valence-electron chi connectivity index (χ4n) is 2.45. The molecule has 0 spiro atoms. The average Bonchev–Trinajstić information content (AvgIpc) is 2.91. The predicted octanol–water partition coefficient (Wildman–Crippen LogP) is 2.65. The van der Waals surface area contributed by atoms with Gasteiger partial charge in [-0.1, -0.05) is 12.1 Å². The molecule has 120 valence electrons. The maximum absolute atomic E-state index is 14.3. The van der Waals surface area contributed by atoms with Crippen molar-refractivity contribution in [1.82, 2.24) is 0 Å². The number of anilines is 1. The van der Waals surface area contributed by atoms with Gasteiger partial charge in [0.15, 0.2) is 11.6 Å². The number of rotatable bonds is 3. The van der Waals surface area contributed by atoms with Gasteiger partial charge >= 0.3 is 6.09 Å². The van der Waals surface area contributed by atoms with E-state index in [1.54, 1.807) is 0 Å². The Morgan fingerprint density at radius 1 is 1.22 bits per heavy atom. The summed E-state index contributed by atoms with van der Waals surface area (Å²) in [5.74, 6) is -2.23. The van der Waals surface area contributed by atoms with Crippen molar-refractivity contribution in [1.29, 1.82) is 0 Å². The molecule has 3 rings (SSSR count). The van der Waals surface area contributed by atoms with Gasteiger partial charge in [0.25, 0.3) is 0 Å². The molecule has 2 N–H and O–H groups in total. The summed E-state index contributed by atoms with van der Waals surface area (Å²) in [5.41, 5.74) is 0.132. The Kier molecular flexibility index (Phi) is 3.87. The fourth-order valence-corrected chi connectivity index (χ4v) is 2.45. The average molecular weight is 321 g/mol. The minimum Gasteiger partial charge on any atom is -0.505 e. The number of carbonyl (C=O) groups excluding carboxylic acids is 1. The van der Waals surface area contributed by atoms with E-state index in [1.165, 1.54) is 35.2 Å². The molecule has 7 heteroatoms. The molecule has 0 radical (unpaired) electrons. The van der Waals surface area contributed by atoms with Crippen LogP contribution in [0.25, 0.3) is 11.1 Å². The number of carbonyl (C=O) groups is 1. The van der Waals surface area contributed by atoms with Gasteiger partial charge in [-0.3, -0.25) is 4.90 Å². The van der Waals surface area contributed by atoms with Crippen LogP contribution in [0.5, 0.6) is 5.75 Å². The van der Waals surface area contributed by atoms with Gasteiger partial charge in [-0.25, -0.2) is 13.6 Å².